The van der Waals surface area contributed by atoms with E-state index in [1.807, 2.05) is 0 Å². The van der Waals surface area contributed by atoms with Gasteiger partial charge in [0.1, 0.15) is 6.29 Å². The number of carboxylic acids is 2. The number of carbonyl (C=O) groups excluding carboxylic acids is 4. The molecule has 0 aliphatic rings. The van der Waals surface area contributed by atoms with Crippen LogP contribution in [0.3, 0.4) is 0 Å². The van der Waals surface area contributed by atoms with E-state index >= 15 is 0 Å². The number of carbonyl (C=O) groups is 6. The van der Waals surface area contributed by atoms with Crippen molar-refractivity contribution in [1.29, 1.82) is 0 Å². The number of hydrogen-bond acceptors (Lipinski definition) is 6. The van der Waals surface area contributed by atoms with Gasteiger partial charge in [0, 0.05) is 27.8 Å². The average molecular weight is 432 g/mol. The van der Waals surface area contributed by atoms with Crippen LogP contribution in [0.25, 0.3) is 0 Å². The van der Waals surface area contributed by atoms with E-state index in [0.717, 1.165) is 6.07 Å². The first-order valence-corrected chi connectivity index (χ1v) is 9.03. The Hall–Kier alpha value is -4.72. The summed E-state index contributed by atoms with van der Waals surface area (Å²) in [6, 6.07) is 16.3. The highest BCUT2D eigenvalue weighted by Crippen LogP contribution is 2.21. The molecular formula is C24H16O8. The molecule has 0 heterocycles. The van der Waals surface area contributed by atoms with Crippen LogP contribution in [0.15, 0.2) is 66.7 Å². The van der Waals surface area contributed by atoms with E-state index in [4.69, 9.17) is 10.2 Å². The van der Waals surface area contributed by atoms with E-state index in [1.54, 1.807) is 24.3 Å². The third kappa shape index (κ3) is 5.45. The summed E-state index contributed by atoms with van der Waals surface area (Å²) in [7, 11) is 0. The average Bonchev–Trinajstić information content (AvgIpc) is 2.83. The van der Waals surface area contributed by atoms with E-state index in [9.17, 15) is 28.8 Å². The molecule has 32 heavy (non-hydrogen) atoms. The summed E-state index contributed by atoms with van der Waals surface area (Å²) in [5.41, 5.74) is -0.0244. The summed E-state index contributed by atoms with van der Waals surface area (Å²) in [5.74, 6) is -2.92. The minimum Gasteiger partial charge on any atom is -0.478 e. The lowest BCUT2D eigenvalue weighted by Gasteiger charge is -2.10. The second-order valence-corrected chi connectivity index (χ2v) is 6.28. The maximum atomic E-state index is 12.5. The van der Waals surface area contributed by atoms with E-state index < -0.39 is 17.7 Å². The third-order valence-electron chi connectivity index (χ3n) is 4.29. The van der Waals surface area contributed by atoms with Gasteiger partial charge < -0.3 is 10.2 Å². The Balaban J connectivity index is 0.000000278. The van der Waals surface area contributed by atoms with Crippen LogP contribution in [0.5, 0.6) is 0 Å². The minimum absolute atomic E-state index is 0.0176. The summed E-state index contributed by atoms with van der Waals surface area (Å²) in [5, 5.41) is 17.6. The van der Waals surface area contributed by atoms with E-state index in [0.29, 0.717) is 18.1 Å². The summed E-state index contributed by atoms with van der Waals surface area (Å²) in [6.07, 6.45) is 1.33. The van der Waals surface area contributed by atoms with Crippen molar-refractivity contribution in [1.82, 2.24) is 0 Å². The van der Waals surface area contributed by atoms with Crippen molar-refractivity contribution in [3.63, 3.8) is 0 Å². The molecule has 0 saturated heterocycles. The molecule has 0 aromatic heterocycles. The number of carboxylic acid groups (broad SMARTS) is 2. The second-order valence-electron chi connectivity index (χ2n) is 6.28. The maximum absolute atomic E-state index is 12.5. The molecule has 0 aliphatic heterocycles. The molecule has 2 N–H and O–H groups in total. The molecule has 0 amide bonds. The zero-order valence-corrected chi connectivity index (χ0v) is 16.4. The lowest BCUT2D eigenvalue weighted by molar-refractivity contribution is 0.0685. The highest BCUT2D eigenvalue weighted by atomic mass is 16.4. The topological polar surface area (TPSA) is 143 Å². The van der Waals surface area contributed by atoms with Crippen LogP contribution in [0.4, 0.5) is 0 Å². The number of rotatable bonds is 7. The van der Waals surface area contributed by atoms with Gasteiger partial charge >= 0.3 is 11.9 Å². The monoisotopic (exact) mass is 432 g/mol. The van der Waals surface area contributed by atoms with Gasteiger partial charge in [-0.15, -0.1) is 0 Å². The Bertz CT molecular complexity index is 1200. The molecule has 8 heteroatoms. The van der Waals surface area contributed by atoms with Crippen molar-refractivity contribution in [2.24, 2.45) is 0 Å². The lowest BCUT2D eigenvalue weighted by Crippen LogP contribution is -2.13. The van der Waals surface area contributed by atoms with Gasteiger partial charge in [0.15, 0.2) is 18.4 Å². The van der Waals surface area contributed by atoms with Crippen LogP contribution in [0, 0.1) is 0 Å². The molecule has 0 atom stereocenters. The molecule has 0 aliphatic carbocycles. The normalized spacial score (nSPS) is 9.62. The van der Waals surface area contributed by atoms with Crippen LogP contribution in [-0.4, -0.2) is 46.8 Å². The molecule has 0 fully saturated rings. The van der Waals surface area contributed by atoms with E-state index in [1.165, 1.54) is 36.4 Å². The van der Waals surface area contributed by atoms with Crippen molar-refractivity contribution in [3.05, 3.63) is 106 Å². The summed E-state index contributed by atoms with van der Waals surface area (Å²) >= 11 is 0. The van der Waals surface area contributed by atoms with Gasteiger partial charge in [-0.2, -0.15) is 0 Å². The highest BCUT2D eigenvalue weighted by Gasteiger charge is 2.23. The number of aromatic carboxylic acids is 2. The van der Waals surface area contributed by atoms with Gasteiger partial charge in [0.05, 0.1) is 11.1 Å². The quantitative estimate of drug-likeness (QED) is 0.427. The molecular weight excluding hydrogens is 416 g/mol. The predicted molar refractivity (Wildman–Crippen MR) is 113 cm³/mol. The van der Waals surface area contributed by atoms with Crippen LogP contribution in [0.1, 0.15) is 67.7 Å². The Kier molecular flexibility index (Phi) is 8.01. The smallest absolute Gasteiger partial charge is 0.336 e. The van der Waals surface area contributed by atoms with Crippen molar-refractivity contribution in [2.45, 2.75) is 0 Å². The van der Waals surface area contributed by atoms with Crippen molar-refractivity contribution >= 4 is 36.6 Å². The fourth-order valence-electron chi connectivity index (χ4n) is 2.78. The highest BCUT2D eigenvalue weighted by molar-refractivity contribution is 6.18. The van der Waals surface area contributed by atoms with E-state index in [-0.39, 0.29) is 39.7 Å². The number of benzene rings is 3. The van der Waals surface area contributed by atoms with Crippen molar-refractivity contribution in [3.8, 4) is 0 Å². The third-order valence-corrected chi connectivity index (χ3v) is 4.29. The SMILES string of the molecule is O=Cc1ccc(C(=O)O)c(C=O)c1C(=O)c1ccccc1.O=Cc1cccc(C(=O)O)c1. The molecule has 3 aromatic carbocycles. The maximum Gasteiger partial charge on any atom is 0.336 e. The van der Waals surface area contributed by atoms with Crippen molar-refractivity contribution < 1.29 is 39.0 Å². The fraction of sp³-hybridized carbons (Fsp3) is 0. The summed E-state index contributed by atoms with van der Waals surface area (Å²) < 4.78 is 0. The first kappa shape index (κ1) is 23.6. The Labute approximate surface area is 181 Å². The van der Waals surface area contributed by atoms with Gasteiger partial charge in [-0.05, 0) is 18.2 Å². The van der Waals surface area contributed by atoms with Crippen LogP contribution in [0.2, 0.25) is 0 Å². The molecule has 0 spiro atoms. The fourth-order valence-corrected chi connectivity index (χ4v) is 2.78. The lowest BCUT2D eigenvalue weighted by atomic mass is 9.91. The number of aldehydes is 3. The standard InChI is InChI=1S/C16H10O5.C8H6O3/c17-8-11-6-7-12(16(20)21)13(9-18)14(11)15(19)10-4-2-1-3-5-10;9-5-6-2-1-3-7(4-6)8(10)11/h1-9H,(H,20,21);1-5H,(H,10,11). The predicted octanol–water partition coefficient (Wildman–Crippen LogP) is 3.44. The second kappa shape index (κ2) is 10.9. The van der Waals surface area contributed by atoms with Crippen LogP contribution < -0.4 is 0 Å². The Morgan fingerprint density at radius 1 is 0.656 bits per heavy atom. The first-order chi connectivity index (χ1) is 15.3. The van der Waals surface area contributed by atoms with Gasteiger partial charge in [0.2, 0.25) is 0 Å². The van der Waals surface area contributed by atoms with Gasteiger partial charge in [-0.3, -0.25) is 19.2 Å². The van der Waals surface area contributed by atoms with Gasteiger partial charge in [-0.25, -0.2) is 9.59 Å². The molecule has 3 aromatic rings. The molecule has 160 valence electrons. The molecule has 0 bridgehead atoms. The van der Waals surface area contributed by atoms with Gasteiger partial charge in [0.25, 0.3) is 0 Å². The first-order valence-electron chi connectivity index (χ1n) is 9.03. The minimum atomic E-state index is -1.34. The van der Waals surface area contributed by atoms with Gasteiger partial charge in [-0.1, -0.05) is 48.5 Å². The molecule has 0 unspecified atom stereocenters. The van der Waals surface area contributed by atoms with E-state index in [2.05, 4.69) is 0 Å². The molecule has 0 saturated carbocycles. The molecule has 0 radical (unpaired) electrons. The van der Waals surface area contributed by atoms with Crippen LogP contribution in [-0.2, 0) is 0 Å². The Morgan fingerprint density at radius 3 is 1.84 bits per heavy atom. The summed E-state index contributed by atoms with van der Waals surface area (Å²) in [6.45, 7) is 0. The zero-order chi connectivity index (χ0) is 23.7. The Morgan fingerprint density at radius 2 is 1.31 bits per heavy atom. The van der Waals surface area contributed by atoms with Crippen molar-refractivity contribution in [2.75, 3.05) is 0 Å². The summed E-state index contributed by atoms with van der Waals surface area (Å²) in [4.78, 5) is 66.5. The largest absolute Gasteiger partial charge is 0.478 e. The molecule has 3 rings (SSSR count). The van der Waals surface area contributed by atoms with Crippen LogP contribution >= 0.6 is 0 Å². The number of ketones is 1. The zero-order valence-electron chi connectivity index (χ0n) is 16.4. The number of hydrogen-bond donors (Lipinski definition) is 2. The molecule has 8 nitrogen and oxygen atoms in total.